The van der Waals surface area contributed by atoms with Gasteiger partial charge in [-0.3, -0.25) is 14.3 Å². The first kappa shape index (κ1) is 21.2. The molecular formula is C24H30N6O. The summed E-state index contributed by atoms with van der Waals surface area (Å²) in [6.45, 7) is 4.40. The second-order valence-corrected chi connectivity index (χ2v) is 8.08. The van der Waals surface area contributed by atoms with Crippen LogP contribution in [0, 0.1) is 0 Å². The molecule has 0 N–H and O–H groups in total. The van der Waals surface area contributed by atoms with Crippen LogP contribution < -0.4 is 0 Å². The van der Waals surface area contributed by atoms with E-state index in [-0.39, 0.29) is 11.9 Å². The fraction of sp³-hybridized carbons (Fsp3) is 0.417. The molecule has 1 fully saturated rings. The lowest BCUT2D eigenvalue weighted by Crippen LogP contribution is -2.33. The number of imidazole rings is 1. The van der Waals surface area contributed by atoms with Gasteiger partial charge in [0, 0.05) is 57.3 Å². The summed E-state index contributed by atoms with van der Waals surface area (Å²) in [6.07, 6.45) is 10.7. The molecule has 1 amide bonds. The van der Waals surface area contributed by atoms with E-state index >= 15 is 0 Å². The van der Waals surface area contributed by atoms with Crippen molar-refractivity contribution in [2.24, 2.45) is 0 Å². The first-order valence-electron chi connectivity index (χ1n) is 11.0. The van der Waals surface area contributed by atoms with Crippen LogP contribution in [0.5, 0.6) is 0 Å². The normalized spacial score (nSPS) is 16.2. The molecule has 162 valence electrons. The molecule has 1 saturated heterocycles. The summed E-state index contributed by atoms with van der Waals surface area (Å²) in [7, 11) is 2.04. The zero-order valence-corrected chi connectivity index (χ0v) is 18.3. The van der Waals surface area contributed by atoms with Gasteiger partial charge in [-0.1, -0.05) is 19.1 Å². The summed E-state index contributed by atoms with van der Waals surface area (Å²) in [6, 6.07) is 10.1. The maximum absolute atomic E-state index is 13.0. The molecule has 31 heavy (non-hydrogen) atoms. The van der Waals surface area contributed by atoms with E-state index in [1.165, 1.54) is 0 Å². The van der Waals surface area contributed by atoms with E-state index in [9.17, 15) is 4.79 Å². The Morgan fingerprint density at radius 2 is 2.13 bits per heavy atom. The molecule has 1 aliphatic heterocycles. The molecule has 4 rings (SSSR count). The molecule has 0 spiro atoms. The highest BCUT2D eigenvalue weighted by atomic mass is 16.2. The van der Waals surface area contributed by atoms with Crippen molar-refractivity contribution in [3.05, 3.63) is 72.2 Å². The molecule has 1 atom stereocenters. The molecule has 0 aliphatic carbocycles. The van der Waals surface area contributed by atoms with Gasteiger partial charge in [0.1, 0.15) is 11.6 Å². The van der Waals surface area contributed by atoms with Crippen LogP contribution in [-0.4, -0.2) is 55.4 Å². The van der Waals surface area contributed by atoms with Crippen LogP contribution in [0.2, 0.25) is 0 Å². The molecule has 0 radical (unpaired) electrons. The Labute approximate surface area is 183 Å². The van der Waals surface area contributed by atoms with Gasteiger partial charge in [-0.25, -0.2) is 9.97 Å². The van der Waals surface area contributed by atoms with E-state index in [4.69, 9.17) is 4.98 Å². The summed E-state index contributed by atoms with van der Waals surface area (Å²) in [5.74, 6) is 2.05. The number of aryl methyl sites for hydroxylation is 1. The van der Waals surface area contributed by atoms with Crippen LogP contribution in [0.1, 0.15) is 49.3 Å². The van der Waals surface area contributed by atoms with Crippen molar-refractivity contribution >= 4 is 5.91 Å². The summed E-state index contributed by atoms with van der Waals surface area (Å²) in [5.41, 5.74) is 2.12. The smallest absolute Gasteiger partial charge is 0.224 e. The van der Waals surface area contributed by atoms with E-state index in [1.807, 2.05) is 53.2 Å². The number of nitrogens with zero attached hydrogens (tertiary/aromatic N) is 6. The Bertz CT molecular complexity index is 1000. The monoisotopic (exact) mass is 418 g/mol. The van der Waals surface area contributed by atoms with Crippen molar-refractivity contribution < 1.29 is 4.79 Å². The average molecular weight is 419 g/mol. The second-order valence-electron chi connectivity index (χ2n) is 8.08. The molecule has 3 aromatic heterocycles. The summed E-state index contributed by atoms with van der Waals surface area (Å²) >= 11 is 0. The van der Waals surface area contributed by atoms with Crippen LogP contribution >= 0.6 is 0 Å². The second kappa shape index (κ2) is 9.83. The maximum atomic E-state index is 13.0. The van der Waals surface area contributed by atoms with Gasteiger partial charge in [0.05, 0.1) is 11.7 Å². The number of amides is 1. The van der Waals surface area contributed by atoms with Crippen LogP contribution in [-0.2, 0) is 17.8 Å². The highest BCUT2D eigenvalue weighted by molar-refractivity contribution is 5.77. The summed E-state index contributed by atoms with van der Waals surface area (Å²) in [4.78, 5) is 30.7. The topological polar surface area (TPSA) is 67.2 Å². The third kappa shape index (κ3) is 4.99. The Morgan fingerprint density at radius 3 is 2.94 bits per heavy atom. The quantitative estimate of drug-likeness (QED) is 0.561. The maximum Gasteiger partial charge on any atom is 0.224 e. The molecule has 4 heterocycles. The minimum Gasteiger partial charge on any atom is -0.334 e. The fourth-order valence-corrected chi connectivity index (χ4v) is 4.25. The van der Waals surface area contributed by atoms with E-state index in [0.29, 0.717) is 6.42 Å². The SMILES string of the molecule is CCc1nccn1-c1cccc([C@@H]2CCCN2C(=O)CCN(C)Cc2cccnc2)n1. The van der Waals surface area contributed by atoms with Crippen LogP contribution in [0.25, 0.3) is 5.82 Å². The lowest BCUT2D eigenvalue weighted by atomic mass is 10.1. The fourth-order valence-electron chi connectivity index (χ4n) is 4.25. The molecule has 0 bridgehead atoms. The van der Waals surface area contributed by atoms with Gasteiger partial charge >= 0.3 is 0 Å². The zero-order valence-electron chi connectivity index (χ0n) is 18.3. The number of pyridine rings is 2. The van der Waals surface area contributed by atoms with Gasteiger partial charge < -0.3 is 9.80 Å². The van der Waals surface area contributed by atoms with Gasteiger partial charge in [-0.2, -0.15) is 0 Å². The van der Waals surface area contributed by atoms with E-state index in [0.717, 1.165) is 61.8 Å². The number of carbonyl (C=O) groups excluding carboxylic acids is 1. The van der Waals surface area contributed by atoms with Crippen molar-refractivity contribution in [2.45, 2.75) is 45.2 Å². The van der Waals surface area contributed by atoms with Crippen molar-refractivity contribution in [3.63, 3.8) is 0 Å². The Hall–Kier alpha value is -3.06. The summed E-state index contributed by atoms with van der Waals surface area (Å²) < 4.78 is 2.03. The number of aromatic nitrogens is 4. The number of hydrogen-bond donors (Lipinski definition) is 0. The van der Waals surface area contributed by atoms with Crippen molar-refractivity contribution in [3.8, 4) is 5.82 Å². The predicted molar refractivity (Wildman–Crippen MR) is 120 cm³/mol. The van der Waals surface area contributed by atoms with E-state index in [2.05, 4.69) is 27.9 Å². The third-order valence-electron chi connectivity index (χ3n) is 5.83. The summed E-state index contributed by atoms with van der Waals surface area (Å²) in [5, 5.41) is 0. The number of likely N-dealkylation sites (tertiary alicyclic amines) is 1. The highest BCUT2D eigenvalue weighted by Gasteiger charge is 2.31. The van der Waals surface area contributed by atoms with Gasteiger partial charge in [-0.15, -0.1) is 0 Å². The van der Waals surface area contributed by atoms with Crippen molar-refractivity contribution in [1.82, 2.24) is 29.3 Å². The van der Waals surface area contributed by atoms with Crippen molar-refractivity contribution in [2.75, 3.05) is 20.1 Å². The number of rotatable bonds is 8. The molecular weight excluding hydrogens is 388 g/mol. The standard InChI is InChI=1S/C24H30N6O/c1-3-22-26-13-16-30(22)23-10-4-8-20(27-23)21-9-6-14-29(21)24(31)11-15-28(2)18-19-7-5-12-25-17-19/h4-5,7-8,10,12-13,16-17,21H,3,6,9,11,14-15,18H2,1-2H3/t21-/m0/s1. The largest absolute Gasteiger partial charge is 0.334 e. The molecule has 0 aromatic carbocycles. The zero-order chi connectivity index (χ0) is 21.6. The minimum absolute atomic E-state index is 0.0460. The van der Waals surface area contributed by atoms with E-state index < -0.39 is 0 Å². The van der Waals surface area contributed by atoms with E-state index in [1.54, 1.807) is 12.4 Å². The molecule has 0 saturated carbocycles. The number of carbonyl (C=O) groups is 1. The highest BCUT2D eigenvalue weighted by Crippen LogP contribution is 2.31. The third-order valence-corrected chi connectivity index (χ3v) is 5.83. The van der Waals surface area contributed by atoms with Crippen LogP contribution in [0.3, 0.4) is 0 Å². The molecule has 1 aliphatic rings. The Morgan fingerprint density at radius 1 is 1.23 bits per heavy atom. The van der Waals surface area contributed by atoms with Gasteiger partial charge in [0.2, 0.25) is 5.91 Å². The number of hydrogen-bond acceptors (Lipinski definition) is 5. The van der Waals surface area contributed by atoms with Gasteiger partial charge in [0.15, 0.2) is 0 Å². The first-order valence-corrected chi connectivity index (χ1v) is 11.0. The Balaban J connectivity index is 1.41. The molecule has 7 nitrogen and oxygen atoms in total. The average Bonchev–Trinajstić information content (AvgIpc) is 3.48. The predicted octanol–water partition coefficient (Wildman–Crippen LogP) is 3.41. The van der Waals surface area contributed by atoms with Crippen LogP contribution in [0.4, 0.5) is 0 Å². The van der Waals surface area contributed by atoms with Gasteiger partial charge in [-0.05, 0) is 43.7 Å². The lowest BCUT2D eigenvalue weighted by molar-refractivity contribution is -0.132. The molecule has 7 heteroatoms. The van der Waals surface area contributed by atoms with Gasteiger partial charge in [0.25, 0.3) is 0 Å². The van der Waals surface area contributed by atoms with Crippen LogP contribution in [0.15, 0.2) is 55.1 Å². The van der Waals surface area contributed by atoms with Crippen molar-refractivity contribution in [1.29, 1.82) is 0 Å². The first-order chi connectivity index (χ1) is 15.2. The molecule has 0 unspecified atom stereocenters. The lowest BCUT2D eigenvalue weighted by Gasteiger charge is -2.26. The Kier molecular flexibility index (Phi) is 6.72. The minimum atomic E-state index is 0.0460. The molecule has 3 aromatic rings.